The third-order valence-electron chi connectivity index (χ3n) is 4.12. The van der Waals surface area contributed by atoms with Gasteiger partial charge in [0.05, 0.1) is 11.8 Å². The van der Waals surface area contributed by atoms with Crippen molar-refractivity contribution in [2.45, 2.75) is 19.5 Å². The van der Waals surface area contributed by atoms with Gasteiger partial charge in [-0.2, -0.15) is 10.4 Å². The van der Waals surface area contributed by atoms with Crippen LogP contribution in [0.25, 0.3) is 0 Å². The van der Waals surface area contributed by atoms with Gasteiger partial charge >= 0.3 is 0 Å². The molecule has 2 aromatic rings. The minimum Gasteiger partial charge on any atom is -0.353 e. The second-order valence-corrected chi connectivity index (χ2v) is 5.77. The van der Waals surface area contributed by atoms with Gasteiger partial charge in [0.15, 0.2) is 0 Å². The maximum atomic E-state index is 9.23. The van der Waals surface area contributed by atoms with Crippen LogP contribution >= 0.6 is 0 Å². The molecule has 6 heteroatoms. The minimum absolute atomic E-state index is 0.405. The fourth-order valence-corrected chi connectivity index (χ4v) is 2.95. The van der Waals surface area contributed by atoms with Crippen LogP contribution in [0, 0.1) is 11.3 Å². The zero-order valence-electron chi connectivity index (χ0n) is 13.0. The molecule has 1 saturated heterocycles. The summed E-state index contributed by atoms with van der Waals surface area (Å²) in [5.74, 6) is 0.804. The maximum Gasteiger partial charge on any atom is 0.146 e. The Labute approximate surface area is 130 Å². The number of pyridine rings is 1. The zero-order chi connectivity index (χ0) is 15.5. The molecule has 6 nitrogen and oxygen atoms in total. The van der Waals surface area contributed by atoms with Crippen molar-refractivity contribution in [1.29, 1.82) is 5.26 Å². The Hall–Kier alpha value is -2.39. The summed E-state index contributed by atoms with van der Waals surface area (Å²) in [6.45, 7) is 5.85. The van der Waals surface area contributed by atoms with E-state index < -0.39 is 0 Å². The van der Waals surface area contributed by atoms with Crippen molar-refractivity contribution in [3.05, 3.63) is 41.9 Å². The molecule has 1 fully saturated rings. The van der Waals surface area contributed by atoms with E-state index in [0.29, 0.717) is 11.6 Å². The van der Waals surface area contributed by atoms with Crippen LogP contribution < -0.4 is 4.90 Å². The van der Waals surface area contributed by atoms with Crippen LogP contribution in [0.2, 0.25) is 0 Å². The summed E-state index contributed by atoms with van der Waals surface area (Å²) in [4.78, 5) is 9.05. The molecule has 0 amide bonds. The van der Waals surface area contributed by atoms with Crippen molar-refractivity contribution in [1.82, 2.24) is 19.7 Å². The van der Waals surface area contributed by atoms with Crippen molar-refractivity contribution < 1.29 is 0 Å². The highest BCUT2D eigenvalue weighted by Gasteiger charge is 2.25. The molecule has 3 heterocycles. The number of nitrogens with zero attached hydrogens (tertiary/aromatic N) is 6. The molecule has 114 valence electrons. The van der Waals surface area contributed by atoms with Crippen molar-refractivity contribution in [2.75, 3.05) is 24.5 Å². The third kappa shape index (κ3) is 2.95. The number of piperazine rings is 1. The van der Waals surface area contributed by atoms with Crippen LogP contribution in [0.1, 0.15) is 18.1 Å². The lowest BCUT2D eigenvalue weighted by atomic mass is 10.1. The van der Waals surface area contributed by atoms with E-state index >= 15 is 0 Å². The number of hydrogen-bond donors (Lipinski definition) is 0. The smallest absolute Gasteiger partial charge is 0.146 e. The molecule has 1 aliphatic rings. The standard InChI is InChI=1S/C16H20N6/c1-13-10-22(16-15(8-17)4-3-5-18-16)7-6-21(13)12-14-9-19-20(2)11-14/h3-5,9,11,13H,6-7,10,12H2,1-2H3. The van der Waals surface area contributed by atoms with Crippen LogP contribution in [0.15, 0.2) is 30.7 Å². The number of hydrogen-bond acceptors (Lipinski definition) is 5. The third-order valence-corrected chi connectivity index (χ3v) is 4.12. The lowest BCUT2D eigenvalue weighted by Gasteiger charge is -2.40. The zero-order valence-corrected chi connectivity index (χ0v) is 13.0. The van der Waals surface area contributed by atoms with Crippen molar-refractivity contribution >= 4 is 5.82 Å². The Morgan fingerprint density at radius 2 is 2.27 bits per heavy atom. The van der Waals surface area contributed by atoms with Gasteiger partial charge in [0.2, 0.25) is 0 Å². The molecule has 3 rings (SSSR count). The van der Waals surface area contributed by atoms with Gasteiger partial charge in [-0.15, -0.1) is 0 Å². The number of aromatic nitrogens is 3. The first-order valence-electron chi connectivity index (χ1n) is 7.49. The quantitative estimate of drug-likeness (QED) is 0.857. The van der Waals surface area contributed by atoms with E-state index in [1.165, 1.54) is 5.56 Å². The van der Waals surface area contributed by atoms with E-state index in [9.17, 15) is 5.26 Å². The van der Waals surface area contributed by atoms with Crippen LogP contribution in [0.4, 0.5) is 5.82 Å². The van der Waals surface area contributed by atoms with Crippen LogP contribution in [0.3, 0.4) is 0 Å². The summed E-state index contributed by atoms with van der Waals surface area (Å²) < 4.78 is 1.84. The monoisotopic (exact) mass is 296 g/mol. The first-order valence-corrected chi connectivity index (χ1v) is 7.49. The summed E-state index contributed by atoms with van der Waals surface area (Å²) in [5, 5.41) is 13.5. The molecular formula is C16H20N6. The summed E-state index contributed by atoms with van der Waals surface area (Å²) in [7, 11) is 1.94. The Morgan fingerprint density at radius 3 is 2.95 bits per heavy atom. The highest BCUT2D eigenvalue weighted by atomic mass is 15.3. The summed E-state index contributed by atoms with van der Waals surface area (Å²) in [5.41, 5.74) is 1.88. The highest BCUT2D eigenvalue weighted by molar-refractivity contribution is 5.53. The van der Waals surface area contributed by atoms with E-state index in [1.54, 1.807) is 6.20 Å². The fourth-order valence-electron chi connectivity index (χ4n) is 2.95. The average molecular weight is 296 g/mol. The highest BCUT2D eigenvalue weighted by Crippen LogP contribution is 2.21. The first-order chi connectivity index (χ1) is 10.7. The van der Waals surface area contributed by atoms with Gasteiger partial charge in [-0.3, -0.25) is 9.58 Å². The molecule has 1 aliphatic heterocycles. The predicted molar refractivity (Wildman–Crippen MR) is 84.2 cm³/mol. The molecule has 0 aliphatic carbocycles. The summed E-state index contributed by atoms with van der Waals surface area (Å²) in [6, 6.07) is 6.28. The number of rotatable bonds is 3. The second-order valence-electron chi connectivity index (χ2n) is 5.77. The number of nitriles is 1. The van der Waals surface area contributed by atoms with Crippen LogP contribution in [-0.4, -0.2) is 45.3 Å². The molecule has 22 heavy (non-hydrogen) atoms. The van der Waals surface area contributed by atoms with E-state index in [-0.39, 0.29) is 0 Å². The Kier molecular flexibility index (Phi) is 4.07. The Morgan fingerprint density at radius 1 is 1.41 bits per heavy atom. The van der Waals surface area contributed by atoms with Gasteiger partial charge in [-0.1, -0.05) is 0 Å². The predicted octanol–water partition coefficient (Wildman–Crippen LogP) is 1.40. The topological polar surface area (TPSA) is 61.0 Å². The lowest BCUT2D eigenvalue weighted by molar-refractivity contribution is 0.180. The maximum absolute atomic E-state index is 9.23. The van der Waals surface area contributed by atoms with Crippen LogP contribution in [-0.2, 0) is 13.6 Å². The van der Waals surface area contributed by atoms with E-state index in [2.05, 4.69) is 39.1 Å². The molecule has 0 aromatic carbocycles. The SMILES string of the molecule is CC1CN(c2ncccc2C#N)CCN1Cc1cnn(C)c1. The molecular weight excluding hydrogens is 276 g/mol. The number of anilines is 1. The Bertz CT molecular complexity index is 686. The van der Waals surface area contributed by atoms with E-state index in [4.69, 9.17) is 0 Å². The van der Waals surface area contributed by atoms with Gasteiger partial charge in [0.1, 0.15) is 11.9 Å². The van der Waals surface area contributed by atoms with Gasteiger partial charge in [-0.25, -0.2) is 4.98 Å². The van der Waals surface area contributed by atoms with Crippen molar-refractivity contribution in [2.24, 2.45) is 7.05 Å². The fraction of sp³-hybridized carbons (Fsp3) is 0.438. The van der Waals surface area contributed by atoms with Gasteiger partial charge in [0, 0.05) is 57.2 Å². The van der Waals surface area contributed by atoms with Gasteiger partial charge in [-0.05, 0) is 19.1 Å². The molecule has 2 aromatic heterocycles. The molecule has 1 atom stereocenters. The van der Waals surface area contributed by atoms with Crippen LogP contribution in [0.5, 0.6) is 0 Å². The molecule has 0 bridgehead atoms. The summed E-state index contributed by atoms with van der Waals surface area (Å²) in [6.07, 6.45) is 5.74. The van der Waals surface area contributed by atoms with Crippen molar-refractivity contribution in [3.8, 4) is 6.07 Å². The molecule has 0 radical (unpaired) electrons. The summed E-state index contributed by atoms with van der Waals surface area (Å²) >= 11 is 0. The molecule has 0 saturated carbocycles. The molecule has 1 unspecified atom stereocenters. The average Bonchev–Trinajstić information content (AvgIpc) is 2.94. The second kappa shape index (κ2) is 6.16. The molecule has 0 spiro atoms. The first kappa shape index (κ1) is 14.5. The van der Waals surface area contributed by atoms with E-state index in [0.717, 1.165) is 32.0 Å². The molecule has 0 N–H and O–H groups in total. The van der Waals surface area contributed by atoms with Gasteiger partial charge < -0.3 is 4.90 Å². The van der Waals surface area contributed by atoms with Crippen molar-refractivity contribution in [3.63, 3.8) is 0 Å². The Balaban J connectivity index is 1.68. The lowest BCUT2D eigenvalue weighted by Crippen LogP contribution is -2.51. The minimum atomic E-state index is 0.405. The van der Waals surface area contributed by atoms with E-state index in [1.807, 2.05) is 30.1 Å². The largest absolute Gasteiger partial charge is 0.353 e. The number of aryl methyl sites for hydroxylation is 1. The normalized spacial score (nSPS) is 19.1. The van der Waals surface area contributed by atoms with Gasteiger partial charge in [0.25, 0.3) is 0 Å².